The molecule has 8 nitrogen and oxygen atoms in total. The molecule has 0 aliphatic carbocycles. The molecule has 0 spiro atoms. The van der Waals surface area contributed by atoms with Gasteiger partial charge in [0.2, 0.25) is 0 Å². The number of benzene rings is 2. The van der Waals surface area contributed by atoms with Crippen LogP contribution in [0.15, 0.2) is 59.4 Å². The first kappa shape index (κ1) is 22.0. The Kier molecular flexibility index (Phi) is 4.92. The molecule has 4 aromatic rings. The highest BCUT2D eigenvalue weighted by Gasteiger charge is 2.45. The van der Waals surface area contributed by atoms with Gasteiger partial charge in [-0.25, -0.2) is 9.78 Å². The van der Waals surface area contributed by atoms with Crippen LogP contribution in [0.2, 0.25) is 0 Å². The van der Waals surface area contributed by atoms with E-state index in [0.717, 1.165) is 5.56 Å². The van der Waals surface area contributed by atoms with Gasteiger partial charge in [0.25, 0.3) is 5.56 Å². The number of pyridine rings is 2. The molecule has 0 saturated carbocycles. The van der Waals surface area contributed by atoms with Gasteiger partial charge in [-0.1, -0.05) is 37.3 Å². The lowest BCUT2D eigenvalue weighted by molar-refractivity contribution is -0.172. The zero-order chi connectivity index (χ0) is 25.0. The Bertz CT molecular complexity index is 1670. The number of rotatable bonds is 4. The van der Waals surface area contributed by atoms with Crippen LogP contribution in [0.3, 0.4) is 0 Å². The number of aliphatic hydroxyl groups is 1. The topological polar surface area (TPSA) is 114 Å². The van der Waals surface area contributed by atoms with Crippen LogP contribution in [0.5, 0.6) is 5.75 Å². The lowest BCUT2D eigenvalue weighted by Crippen LogP contribution is -2.44. The summed E-state index contributed by atoms with van der Waals surface area (Å²) in [5.41, 5.74) is 1.85. The molecular weight excluding hydrogens is 458 g/mol. The van der Waals surface area contributed by atoms with E-state index >= 15 is 0 Å². The molecule has 1 atom stereocenters. The molecule has 178 valence electrons. The molecule has 0 radical (unpaired) electrons. The Labute approximate surface area is 206 Å². The average molecular weight is 479 g/mol. The maximum atomic E-state index is 13.4. The van der Waals surface area contributed by atoms with Gasteiger partial charge in [-0.2, -0.15) is 5.26 Å². The van der Waals surface area contributed by atoms with Crippen molar-refractivity contribution in [2.75, 3.05) is 0 Å². The third-order valence-corrected chi connectivity index (χ3v) is 7.02. The van der Waals surface area contributed by atoms with Crippen molar-refractivity contribution in [3.05, 3.63) is 92.8 Å². The molecule has 1 unspecified atom stereocenters. The lowest BCUT2D eigenvalue weighted by atomic mass is 9.86. The molecule has 8 heteroatoms. The fraction of sp³-hybridized carbons (Fsp3) is 0.214. The van der Waals surface area contributed by atoms with Gasteiger partial charge < -0.3 is 19.1 Å². The summed E-state index contributed by atoms with van der Waals surface area (Å²) in [6.45, 7) is 2.01. The van der Waals surface area contributed by atoms with Gasteiger partial charge in [0.15, 0.2) is 5.60 Å². The monoisotopic (exact) mass is 479 g/mol. The van der Waals surface area contributed by atoms with E-state index in [1.165, 1.54) is 4.57 Å². The zero-order valence-corrected chi connectivity index (χ0v) is 19.4. The summed E-state index contributed by atoms with van der Waals surface area (Å²) in [5.74, 6) is -0.163. The van der Waals surface area contributed by atoms with Crippen molar-refractivity contribution in [3.8, 4) is 23.2 Å². The Morgan fingerprint density at radius 1 is 1.17 bits per heavy atom. The number of esters is 1. The van der Waals surface area contributed by atoms with Crippen LogP contribution in [0.1, 0.15) is 41.2 Å². The van der Waals surface area contributed by atoms with Crippen molar-refractivity contribution in [2.24, 2.45) is 0 Å². The van der Waals surface area contributed by atoms with E-state index in [0.29, 0.717) is 45.8 Å². The van der Waals surface area contributed by atoms with Crippen LogP contribution < -0.4 is 10.3 Å². The number of nitrogens with zero attached hydrogens (tertiary/aromatic N) is 3. The minimum absolute atomic E-state index is 0.0644. The third-order valence-electron chi connectivity index (χ3n) is 7.02. The summed E-state index contributed by atoms with van der Waals surface area (Å²) in [7, 11) is 0. The molecule has 6 rings (SSSR count). The number of cyclic esters (lactones) is 1. The SMILES string of the molecule is CCC1(O)C(=O)OCc2c1cc1n(c2=O)Cc2c-1nc1ccc(OCc3ccccc3)cc1c2C#N. The van der Waals surface area contributed by atoms with Crippen molar-refractivity contribution in [1.82, 2.24) is 9.55 Å². The highest BCUT2D eigenvalue weighted by molar-refractivity contribution is 5.91. The van der Waals surface area contributed by atoms with Gasteiger partial charge >= 0.3 is 5.97 Å². The van der Waals surface area contributed by atoms with Crippen molar-refractivity contribution in [1.29, 1.82) is 5.26 Å². The largest absolute Gasteiger partial charge is 0.489 e. The second-order valence-corrected chi connectivity index (χ2v) is 8.98. The standard InChI is InChI=1S/C28H21N3O5/c1-2-28(34)22-11-24-25-20(13-31(24)26(32)21(22)15-36-27(28)33)19(12-29)18-10-17(8-9-23(18)30-25)35-14-16-6-4-3-5-7-16/h3-11,34H,2,13-15H2,1H3. The highest BCUT2D eigenvalue weighted by Crippen LogP contribution is 2.40. The second-order valence-electron chi connectivity index (χ2n) is 8.98. The maximum absolute atomic E-state index is 13.4. The predicted octanol–water partition coefficient (Wildman–Crippen LogP) is 3.53. The minimum atomic E-state index is -1.90. The second kappa shape index (κ2) is 8.04. The third kappa shape index (κ3) is 3.13. The van der Waals surface area contributed by atoms with Crippen LogP contribution in [0, 0.1) is 11.3 Å². The van der Waals surface area contributed by atoms with Crippen molar-refractivity contribution in [2.45, 2.75) is 38.7 Å². The smallest absolute Gasteiger partial charge is 0.343 e. The number of hydrogen-bond acceptors (Lipinski definition) is 7. The van der Waals surface area contributed by atoms with Crippen molar-refractivity contribution < 1.29 is 19.4 Å². The van der Waals surface area contributed by atoms with Crippen LogP contribution in [0.25, 0.3) is 22.3 Å². The summed E-state index contributed by atoms with van der Waals surface area (Å²) in [6.07, 6.45) is 0.0644. The first-order valence-electron chi connectivity index (χ1n) is 11.6. The first-order valence-corrected chi connectivity index (χ1v) is 11.6. The number of fused-ring (bicyclic) bond motifs is 5. The van der Waals surface area contributed by atoms with Crippen molar-refractivity contribution >= 4 is 16.9 Å². The summed E-state index contributed by atoms with van der Waals surface area (Å²) in [4.78, 5) is 30.5. The zero-order valence-electron chi connectivity index (χ0n) is 19.4. The lowest BCUT2D eigenvalue weighted by Gasteiger charge is -2.31. The molecule has 0 saturated heterocycles. The molecular formula is C28H21N3O5. The number of nitriles is 1. The van der Waals surface area contributed by atoms with Crippen LogP contribution in [-0.4, -0.2) is 20.6 Å². The van der Waals surface area contributed by atoms with Gasteiger partial charge in [0, 0.05) is 16.5 Å². The van der Waals surface area contributed by atoms with E-state index < -0.39 is 11.6 Å². The van der Waals surface area contributed by atoms with E-state index in [1.807, 2.05) is 30.3 Å². The van der Waals surface area contributed by atoms with E-state index in [9.17, 15) is 20.0 Å². The normalized spacial score (nSPS) is 17.6. The fourth-order valence-corrected chi connectivity index (χ4v) is 5.02. The molecule has 4 heterocycles. The molecule has 2 aliphatic rings. The molecule has 1 N–H and O–H groups in total. The Morgan fingerprint density at radius 3 is 2.72 bits per heavy atom. The Hall–Kier alpha value is -4.48. The van der Waals surface area contributed by atoms with E-state index in [4.69, 9.17) is 14.5 Å². The Morgan fingerprint density at radius 2 is 1.97 bits per heavy atom. The maximum Gasteiger partial charge on any atom is 0.343 e. The number of ether oxygens (including phenoxy) is 2. The number of hydrogen-bond donors (Lipinski definition) is 1. The van der Waals surface area contributed by atoms with E-state index in [2.05, 4.69) is 6.07 Å². The van der Waals surface area contributed by atoms with Crippen LogP contribution >= 0.6 is 0 Å². The van der Waals surface area contributed by atoms with Crippen LogP contribution in [0.4, 0.5) is 0 Å². The number of carbonyl (C=O) groups is 1. The van der Waals surface area contributed by atoms with Gasteiger partial charge in [0.05, 0.1) is 34.6 Å². The van der Waals surface area contributed by atoms with Crippen LogP contribution in [-0.2, 0) is 34.9 Å². The molecule has 0 bridgehead atoms. The fourth-order valence-electron chi connectivity index (χ4n) is 5.02. The summed E-state index contributed by atoms with van der Waals surface area (Å²) in [6, 6.07) is 19.1. The summed E-state index contributed by atoms with van der Waals surface area (Å²) >= 11 is 0. The van der Waals surface area contributed by atoms with E-state index in [-0.39, 0.29) is 36.3 Å². The predicted molar refractivity (Wildman–Crippen MR) is 130 cm³/mol. The molecule has 0 fully saturated rings. The number of carbonyl (C=O) groups excluding carboxylic acids is 1. The van der Waals surface area contributed by atoms with Gasteiger partial charge in [-0.15, -0.1) is 0 Å². The quantitative estimate of drug-likeness (QED) is 0.392. The summed E-state index contributed by atoms with van der Waals surface area (Å²) < 4.78 is 12.6. The molecule has 36 heavy (non-hydrogen) atoms. The van der Waals surface area contributed by atoms with Gasteiger partial charge in [0.1, 0.15) is 25.0 Å². The summed E-state index contributed by atoms with van der Waals surface area (Å²) in [5, 5.41) is 21.8. The molecule has 0 amide bonds. The minimum Gasteiger partial charge on any atom is -0.489 e. The van der Waals surface area contributed by atoms with E-state index in [1.54, 1.807) is 31.2 Å². The van der Waals surface area contributed by atoms with Gasteiger partial charge in [-0.05, 0) is 36.2 Å². The average Bonchev–Trinajstić information content (AvgIpc) is 3.27. The molecule has 2 aliphatic heterocycles. The molecule has 2 aromatic heterocycles. The van der Waals surface area contributed by atoms with Crippen molar-refractivity contribution in [3.63, 3.8) is 0 Å². The highest BCUT2D eigenvalue weighted by atomic mass is 16.6. The Balaban J connectivity index is 1.47. The van der Waals surface area contributed by atoms with Gasteiger partial charge in [-0.3, -0.25) is 4.79 Å². The first-order chi connectivity index (χ1) is 17.4. The number of aromatic nitrogens is 2. The molecule has 2 aromatic carbocycles.